The molecule has 2 aliphatic rings. The minimum Gasteiger partial charge on any atom is -0.393 e. The monoisotopic (exact) mass is 323 g/mol. The topological polar surface area (TPSA) is 40.5 Å². The predicted molar refractivity (Wildman–Crippen MR) is 77.1 cm³/mol. The van der Waals surface area contributed by atoms with Gasteiger partial charge in [-0.15, -0.1) is 0 Å². The van der Waals surface area contributed by atoms with Crippen LogP contribution in [0, 0.1) is 6.92 Å². The van der Waals surface area contributed by atoms with Crippen LogP contribution in [0.2, 0.25) is 0 Å². The van der Waals surface area contributed by atoms with Crippen molar-refractivity contribution in [2.45, 2.75) is 50.8 Å². The van der Waals surface area contributed by atoms with E-state index >= 15 is 0 Å². The molecule has 4 heteroatoms. The number of piperidine rings is 1. The average molecular weight is 324 g/mol. The normalized spacial score (nSPS) is 29.6. The van der Waals surface area contributed by atoms with Gasteiger partial charge in [-0.1, -0.05) is 12.1 Å². The van der Waals surface area contributed by atoms with Gasteiger partial charge in [0.1, 0.15) is 0 Å². The van der Waals surface area contributed by atoms with E-state index in [0.29, 0.717) is 0 Å². The molecule has 1 aromatic carbocycles. The summed E-state index contributed by atoms with van der Waals surface area (Å²) in [6.45, 7) is 2.00. The number of benzene rings is 1. The summed E-state index contributed by atoms with van der Waals surface area (Å²) in [7, 11) is 0. The van der Waals surface area contributed by atoms with E-state index < -0.39 is 0 Å². The molecule has 1 aromatic rings. The molecule has 2 bridgehead atoms. The van der Waals surface area contributed by atoms with Gasteiger partial charge in [-0.05, 0) is 60.2 Å². The number of aliphatic hydroxyl groups is 1. The highest BCUT2D eigenvalue weighted by atomic mass is 79.9. The third kappa shape index (κ3) is 2.21. The number of rotatable bonds is 1. The summed E-state index contributed by atoms with van der Waals surface area (Å²) in [6, 6.07) is 6.23. The number of aliphatic hydroxyl groups excluding tert-OH is 1. The molecular weight excluding hydrogens is 306 g/mol. The lowest BCUT2D eigenvalue weighted by molar-refractivity contribution is 0.0286. The number of fused-ring (bicyclic) bond motifs is 2. The van der Waals surface area contributed by atoms with Crippen LogP contribution in [0.1, 0.15) is 41.6 Å². The van der Waals surface area contributed by atoms with Gasteiger partial charge in [0.15, 0.2) is 0 Å². The summed E-state index contributed by atoms with van der Waals surface area (Å²) in [6.07, 6.45) is 3.27. The van der Waals surface area contributed by atoms with E-state index in [1.165, 1.54) is 0 Å². The molecule has 0 aliphatic carbocycles. The summed E-state index contributed by atoms with van der Waals surface area (Å²) < 4.78 is 0.894. The Labute approximate surface area is 121 Å². The average Bonchev–Trinajstić information content (AvgIpc) is 2.64. The largest absolute Gasteiger partial charge is 0.393 e. The standard InChI is InChI=1S/C15H18BrNO2/c1-9-3-2-4-13(14(9)16)15(19)17-10-5-6-11(17)8-12(18)7-10/h2-4,10-12,18H,5-8H2,1H3. The highest BCUT2D eigenvalue weighted by Crippen LogP contribution is 2.37. The second-order valence-electron chi connectivity index (χ2n) is 5.66. The van der Waals surface area contributed by atoms with Crippen molar-refractivity contribution in [3.05, 3.63) is 33.8 Å². The number of hydrogen-bond acceptors (Lipinski definition) is 2. The molecule has 0 spiro atoms. The minimum absolute atomic E-state index is 0.106. The lowest BCUT2D eigenvalue weighted by Crippen LogP contribution is -2.48. The molecule has 0 saturated carbocycles. The first-order valence-electron chi connectivity index (χ1n) is 6.83. The first-order chi connectivity index (χ1) is 9.08. The maximum atomic E-state index is 12.8. The molecule has 2 unspecified atom stereocenters. The molecule has 2 aliphatic heterocycles. The fourth-order valence-corrected chi connectivity index (χ4v) is 3.87. The fraction of sp³-hybridized carbons (Fsp3) is 0.533. The highest BCUT2D eigenvalue weighted by Gasteiger charge is 2.43. The van der Waals surface area contributed by atoms with Crippen LogP contribution in [0.15, 0.2) is 22.7 Å². The number of aryl methyl sites for hydroxylation is 1. The van der Waals surface area contributed by atoms with Gasteiger partial charge in [0.25, 0.3) is 5.91 Å². The van der Waals surface area contributed by atoms with Crippen LogP contribution in [0.4, 0.5) is 0 Å². The molecule has 102 valence electrons. The Morgan fingerprint density at radius 3 is 2.58 bits per heavy atom. The van der Waals surface area contributed by atoms with Crippen molar-refractivity contribution < 1.29 is 9.90 Å². The zero-order valence-electron chi connectivity index (χ0n) is 11.0. The molecule has 0 aromatic heterocycles. The van der Waals surface area contributed by atoms with Gasteiger partial charge < -0.3 is 10.0 Å². The molecule has 1 N–H and O–H groups in total. The molecule has 0 radical (unpaired) electrons. The number of halogens is 1. The summed E-state index contributed by atoms with van der Waals surface area (Å²) in [5, 5.41) is 9.81. The van der Waals surface area contributed by atoms with Crippen LogP contribution in [-0.2, 0) is 0 Å². The molecule has 2 heterocycles. The van der Waals surface area contributed by atoms with Gasteiger partial charge in [0, 0.05) is 16.6 Å². The van der Waals surface area contributed by atoms with E-state index in [1.807, 2.05) is 30.0 Å². The Morgan fingerprint density at radius 2 is 1.95 bits per heavy atom. The highest BCUT2D eigenvalue weighted by molar-refractivity contribution is 9.10. The van der Waals surface area contributed by atoms with Crippen molar-refractivity contribution in [2.24, 2.45) is 0 Å². The van der Waals surface area contributed by atoms with E-state index in [0.717, 1.165) is 41.3 Å². The van der Waals surface area contributed by atoms with E-state index in [-0.39, 0.29) is 24.1 Å². The molecule has 2 atom stereocenters. The maximum absolute atomic E-state index is 12.8. The summed E-state index contributed by atoms with van der Waals surface area (Å²) in [5.41, 5.74) is 1.82. The van der Waals surface area contributed by atoms with Gasteiger partial charge >= 0.3 is 0 Å². The Balaban J connectivity index is 1.91. The zero-order chi connectivity index (χ0) is 13.6. The second kappa shape index (κ2) is 4.91. The SMILES string of the molecule is Cc1cccc(C(=O)N2C3CCC2CC(O)C3)c1Br. The van der Waals surface area contributed by atoms with Crippen molar-refractivity contribution in [2.75, 3.05) is 0 Å². The molecule has 3 rings (SSSR count). The molecule has 2 saturated heterocycles. The first-order valence-corrected chi connectivity index (χ1v) is 7.63. The molecular formula is C15H18BrNO2. The van der Waals surface area contributed by atoms with Gasteiger partial charge in [-0.3, -0.25) is 4.79 Å². The quantitative estimate of drug-likeness (QED) is 0.863. The van der Waals surface area contributed by atoms with Crippen LogP contribution in [0.3, 0.4) is 0 Å². The van der Waals surface area contributed by atoms with Crippen LogP contribution < -0.4 is 0 Å². The predicted octanol–water partition coefficient (Wildman–Crippen LogP) is 2.89. The number of carbonyl (C=O) groups excluding carboxylic acids is 1. The Hall–Kier alpha value is -0.870. The third-order valence-corrected chi connectivity index (χ3v) is 5.42. The summed E-state index contributed by atoms with van der Waals surface area (Å²) >= 11 is 3.52. The van der Waals surface area contributed by atoms with E-state index in [1.54, 1.807) is 0 Å². The second-order valence-corrected chi connectivity index (χ2v) is 6.45. The third-order valence-electron chi connectivity index (χ3n) is 4.36. The van der Waals surface area contributed by atoms with E-state index in [4.69, 9.17) is 0 Å². The van der Waals surface area contributed by atoms with Crippen molar-refractivity contribution in [3.63, 3.8) is 0 Å². The lowest BCUT2D eigenvalue weighted by atomic mass is 9.98. The van der Waals surface area contributed by atoms with Crippen LogP contribution in [0.5, 0.6) is 0 Å². The van der Waals surface area contributed by atoms with Crippen LogP contribution in [-0.4, -0.2) is 34.1 Å². The number of nitrogens with zero attached hydrogens (tertiary/aromatic N) is 1. The Kier molecular flexibility index (Phi) is 3.39. The molecule has 19 heavy (non-hydrogen) atoms. The number of amides is 1. The van der Waals surface area contributed by atoms with Gasteiger partial charge in [0.2, 0.25) is 0 Å². The van der Waals surface area contributed by atoms with Crippen molar-refractivity contribution in [1.29, 1.82) is 0 Å². The van der Waals surface area contributed by atoms with Gasteiger partial charge in [-0.2, -0.15) is 0 Å². The van der Waals surface area contributed by atoms with Crippen LogP contribution >= 0.6 is 15.9 Å². The Bertz CT molecular complexity index is 503. The minimum atomic E-state index is -0.234. The Morgan fingerprint density at radius 1 is 1.32 bits per heavy atom. The van der Waals surface area contributed by atoms with Crippen molar-refractivity contribution in [1.82, 2.24) is 4.90 Å². The maximum Gasteiger partial charge on any atom is 0.255 e. The van der Waals surface area contributed by atoms with Crippen LogP contribution in [0.25, 0.3) is 0 Å². The lowest BCUT2D eigenvalue weighted by Gasteiger charge is -2.37. The molecule has 1 amide bonds. The molecule has 2 fully saturated rings. The number of hydrogen-bond donors (Lipinski definition) is 1. The van der Waals surface area contributed by atoms with E-state index in [2.05, 4.69) is 15.9 Å². The first kappa shape index (κ1) is 13.1. The van der Waals surface area contributed by atoms with Crippen molar-refractivity contribution in [3.8, 4) is 0 Å². The van der Waals surface area contributed by atoms with Gasteiger partial charge in [-0.25, -0.2) is 0 Å². The van der Waals surface area contributed by atoms with Gasteiger partial charge in [0.05, 0.1) is 11.7 Å². The van der Waals surface area contributed by atoms with E-state index in [9.17, 15) is 9.90 Å². The smallest absolute Gasteiger partial charge is 0.255 e. The zero-order valence-corrected chi connectivity index (χ0v) is 12.6. The number of carbonyl (C=O) groups is 1. The molecule has 3 nitrogen and oxygen atoms in total. The fourth-order valence-electron chi connectivity index (χ4n) is 3.43. The summed E-state index contributed by atoms with van der Waals surface area (Å²) in [4.78, 5) is 14.8. The van der Waals surface area contributed by atoms with Crippen molar-refractivity contribution >= 4 is 21.8 Å². The summed E-state index contributed by atoms with van der Waals surface area (Å²) in [5.74, 6) is 0.106.